The SMILES string of the molecule is COC(=O)N[C@H](C)C(=O)NCCCc1nc(C)cs1. The highest BCUT2D eigenvalue weighted by atomic mass is 32.1. The van der Waals surface area contributed by atoms with Gasteiger partial charge in [0.2, 0.25) is 5.91 Å². The van der Waals surface area contributed by atoms with Crippen molar-refractivity contribution in [2.45, 2.75) is 32.7 Å². The molecule has 1 heterocycles. The summed E-state index contributed by atoms with van der Waals surface area (Å²) in [4.78, 5) is 26.9. The number of carbonyl (C=O) groups is 2. The first-order valence-electron chi connectivity index (χ1n) is 6.06. The molecule has 0 aliphatic heterocycles. The molecular weight excluding hydrogens is 266 g/mol. The molecule has 0 saturated heterocycles. The highest BCUT2D eigenvalue weighted by molar-refractivity contribution is 7.09. The Morgan fingerprint density at radius 3 is 2.84 bits per heavy atom. The molecule has 0 spiro atoms. The third-order valence-electron chi connectivity index (χ3n) is 2.45. The minimum absolute atomic E-state index is 0.222. The summed E-state index contributed by atoms with van der Waals surface area (Å²) in [5.74, 6) is -0.222. The average molecular weight is 285 g/mol. The molecule has 2 N–H and O–H groups in total. The summed E-state index contributed by atoms with van der Waals surface area (Å²) in [6.07, 6.45) is 1.06. The van der Waals surface area contributed by atoms with Crippen molar-refractivity contribution in [3.8, 4) is 0 Å². The van der Waals surface area contributed by atoms with E-state index in [0.29, 0.717) is 6.54 Å². The second-order valence-corrected chi connectivity index (χ2v) is 5.08. The Kier molecular flexibility index (Phi) is 6.27. The summed E-state index contributed by atoms with van der Waals surface area (Å²) in [6, 6.07) is -0.602. The van der Waals surface area contributed by atoms with Crippen molar-refractivity contribution in [3.05, 3.63) is 16.1 Å². The van der Waals surface area contributed by atoms with Gasteiger partial charge in [0.05, 0.1) is 12.1 Å². The average Bonchev–Trinajstić information content (AvgIpc) is 2.79. The summed E-state index contributed by atoms with van der Waals surface area (Å²) in [5, 5.41) is 8.25. The zero-order chi connectivity index (χ0) is 14.3. The van der Waals surface area contributed by atoms with Gasteiger partial charge in [0.25, 0.3) is 0 Å². The number of alkyl carbamates (subject to hydrolysis) is 1. The molecule has 1 rings (SSSR count). The second-order valence-electron chi connectivity index (χ2n) is 4.13. The van der Waals surface area contributed by atoms with Gasteiger partial charge < -0.3 is 15.4 Å². The molecule has 1 aromatic rings. The summed E-state index contributed by atoms with van der Waals surface area (Å²) < 4.78 is 4.42. The van der Waals surface area contributed by atoms with Crippen LogP contribution < -0.4 is 10.6 Å². The standard InChI is InChI=1S/C12H19N3O3S/c1-8-7-19-10(14-8)5-4-6-13-11(16)9(2)15-12(17)18-3/h7,9H,4-6H2,1-3H3,(H,13,16)(H,15,17)/t9-/m1/s1. The number of hydrogen-bond donors (Lipinski definition) is 2. The van der Waals surface area contributed by atoms with Gasteiger partial charge in [-0.2, -0.15) is 0 Å². The summed E-state index contributed by atoms with van der Waals surface area (Å²) in [7, 11) is 1.26. The van der Waals surface area contributed by atoms with Crippen LogP contribution in [0, 0.1) is 6.92 Å². The van der Waals surface area contributed by atoms with Gasteiger partial charge in [-0.05, 0) is 20.3 Å². The van der Waals surface area contributed by atoms with Crippen LogP contribution in [0.1, 0.15) is 24.0 Å². The number of amides is 2. The minimum Gasteiger partial charge on any atom is -0.453 e. The molecule has 0 aliphatic rings. The number of carbonyl (C=O) groups excluding carboxylic acids is 2. The lowest BCUT2D eigenvalue weighted by atomic mass is 10.3. The van der Waals surface area contributed by atoms with Crippen molar-refractivity contribution < 1.29 is 14.3 Å². The number of nitrogens with one attached hydrogen (secondary N) is 2. The fourth-order valence-electron chi connectivity index (χ4n) is 1.42. The minimum atomic E-state index is -0.610. The molecule has 0 saturated carbocycles. The van der Waals surface area contributed by atoms with Gasteiger partial charge in [0, 0.05) is 24.0 Å². The molecule has 0 fully saturated rings. The monoisotopic (exact) mass is 285 g/mol. The van der Waals surface area contributed by atoms with E-state index in [4.69, 9.17) is 0 Å². The largest absolute Gasteiger partial charge is 0.453 e. The molecule has 2 amide bonds. The molecule has 19 heavy (non-hydrogen) atoms. The van der Waals surface area contributed by atoms with E-state index in [-0.39, 0.29) is 5.91 Å². The Morgan fingerprint density at radius 2 is 2.26 bits per heavy atom. The Bertz CT molecular complexity index is 434. The van der Waals surface area contributed by atoms with Gasteiger partial charge in [-0.3, -0.25) is 4.79 Å². The topological polar surface area (TPSA) is 80.3 Å². The van der Waals surface area contributed by atoms with Gasteiger partial charge in [0.15, 0.2) is 0 Å². The van der Waals surface area contributed by atoms with Gasteiger partial charge in [-0.1, -0.05) is 0 Å². The van der Waals surface area contributed by atoms with Crippen LogP contribution in [0.3, 0.4) is 0 Å². The van der Waals surface area contributed by atoms with Crippen LogP contribution in [0.4, 0.5) is 4.79 Å². The van der Waals surface area contributed by atoms with Gasteiger partial charge in [-0.25, -0.2) is 9.78 Å². The number of rotatable bonds is 6. The van der Waals surface area contributed by atoms with E-state index < -0.39 is 12.1 Å². The molecule has 106 valence electrons. The maximum Gasteiger partial charge on any atom is 0.407 e. The second kappa shape index (κ2) is 7.73. The van der Waals surface area contributed by atoms with Crippen molar-refractivity contribution in [3.63, 3.8) is 0 Å². The number of hydrogen-bond acceptors (Lipinski definition) is 5. The van der Waals surface area contributed by atoms with Crippen molar-refractivity contribution in [1.82, 2.24) is 15.6 Å². The predicted molar refractivity (Wildman–Crippen MR) is 73.2 cm³/mol. The number of ether oxygens (including phenoxy) is 1. The molecule has 1 aromatic heterocycles. The maximum atomic E-state index is 11.6. The molecule has 0 bridgehead atoms. The molecule has 7 heteroatoms. The summed E-state index contributed by atoms with van der Waals surface area (Å²) >= 11 is 1.63. The van der Waals surface area contributed by atoms with Crippen LogP contribution in [-0.4, -0.2) is 36.7 Å². The Labute approximate surface area is 116 Å². The van der Waals surface area contributed by atoms with E-state index in [1.165, 1.54) is 7.11 Å². The number of thiazole rings is 1. The Hall–Kier alpha value is -1.63. The van der Waals surface area contributed by atoms with E-state index >= 15 is 0 Å². The van der Waals surface area contributed by atoms with E-state index in [9.17, 15) is 9.59 Å². The van der Waals surface area contributed by atoms with Crippen molar-refractivity contribution in [2.75, 3.05) is 13.7 Å². The molecule has 0 aliphatic carbocycles. The molecule has 0 unspecified atom stereocenters. The van der Waals surface area contributed by atoms with E-state index in [0.717, 1.165) is 23.5 Å². The first-order chi connectivity index (χ1) is 9.02. The zero-order valence-corrected chi connectivity index (χ0v) is 12.2. The van der Waals surface area contributed by atoms with Gasteiger partial charge in [-0.15, -0.1) is 11.3 Å². The predicted octanol–water partition coefficient (Wildman–Crippen LogP) is 1.24. The van der Waals surface area contributed by atoms with Gasteiger partial charge >= 0.3 is 6.09 Å². The number of methoxy groups -OCH3 is 1. The van der Waals surface area contributed by atoms with E-state index in [1.54, 1.807) is 18.3 Å². The van der Waals surface area contributed by atoms with Crippen LogP contribution in [0.2, 0.25) is 0 Å². The van der Waals surface area contributed by atoms with Crippen LogP contribution >= 0.6 is 11.3 Å². The quantitative estimate of drug-likeness (QED) is 0.771. The zero-order valence-electron chi connectivity index (χ0n) is 11.4. The lowest BCUT2D eigenvalue weighted by Gasteiger charge is -2.12. The lowest BCUT2D eigenvalue weighted by molar-refractivity contribution is -0.122. The summed E-state index contributed by atoms with van der Waals surface area (Å²) in [6.45, 7) is 4.13. The fourth-order valence-corrected chi connectivity index (χ4v) is 2.24. The Balaban J connectivity index is 2.18. The van der Waals surface area contributed by atoms with Crippen LogP contribution in [-0.2, 0) is 16.0 Å². The van der Waals surface area contributed by atoms with Crippen molar-refractivity contribution in [1.29, 1.82) is 0 Å². The van der Waals surface area contributed by atoms with Crippen molar-refractivity contribution in [2.24, 2.45) is 0 Å². The summed E-state index contributed by atoms with van der Waals surface area (Å²) in [5.41, 5.74) is 1.03. The van der Waals surface area contributed by atoms with E-state index in [1.807, 2.05) is 12.3 Å². The molecule has 0 aromatic carbocycles. The lowest BCUT2D eigenvalue weighted by Crippen LogP contribution is -2.45. The Morgan fingerprint density at radius 1 is 1.53 bits per heavy atom. The smallest absolute Gasteiger partial charge is 0.407 e. The van der Waals surface area contributed by atoms with Gasteiger partial charge in [0.1, 0.15) is 6.04 Å². The maximum absolute atomic E-state index is 11.6. The highest BCUT2D eigenvalue weighted by Gasteiger charge is 2.14. The van der Waals surface area contributed by atoms with Crippen molar-refractivity contribution >= 4 is 23.3 Å². The fraction of sp³-hybridized carbons (Fsp3) is 0.583. The third kappa shape index (κ3) is 5.69. The molecular formula is C12H19N3O3S. The number of nitrogens with zero attached hydrogens (tertiary/aromatic N) is 1. The number of aromatic nitrogens is 1. The first kappa shape index (κ1) is 15.4. The molecule has 1 atom stereocenters. The van der Waals surface area contributed by atoms with Crippen LogP contribution in [0.5, 0.6) is 0 Å². The first-order valence-corrected chi connectivity index (χ1v) is 6.94. The number of aryl methyl sites for hydroxylation is 2. The van der Waals surface area contributed by atoms with Crippen LogP contribution in [0.25, 0.3) is 0 Å². The van der Waals surface area contributed by atoms with Crippen LogP contribution in [0.15, 0.2) is 5.38 Å². The third-order valence-corrected chi connectivity index (χ3v) is 3.47. The normalized spacial score (nSPS) is 11.7. The highest BCUT2D eigenvalue weighted by Crippen LogP contribution is 2.10. The molecule has 6 nitrogen and oxygen atoms in total. The molecule has 0 radical (unpaired) electrons. The van der Waals surface area contributed by atoms with E-state index in [2.05, 4.69) is 20.4 Å².